The van der Waals surface area contributed by atoms with Crippen LogP contribution in [0.4, 0.5) is 0 Å². The molecule has 2 aromatic carbocycles. The van der Waals surface area contributed by atoms with Crippen LogP contribution in [0.1, 0.15) is 7.43 Å². The second kappa shape index (κ2) is 4.49. The zero-order chi connectivity index (χ0) is 11.1. The lowest BCUT2D eigenvalue weighted by atomic mass is 9.80. The molecule has 0 aliphatic heterocycles. The van der Waals surface area contributed by atoms with E-state index >= 15 is 0 Å². The van der Waals surface area contributed by atoms with Gasteiger partial charge in [0.25, 0.3) is 0 Å². The molecule has 0 fully saturated rings. The van der Waals surface area contributed by atoms with Crippen LogP contribution in [-0.2, 0) is 0 Å². The number of thiophene rings is 1. The molecule has 0 amide bonds. The van der Waals surface area contributed by atoms with Crippen LogP contribution in [0.5, 0.6) is 0 Å². The number of rotatable bonds is 1. The Hall–Kier alpha value is -1.36. The van der Waals surface area contributed by atoms with Gasteiger partial charge < -0.3 is 10.0 Å². The minimum absolute atomic E-state index is 0. The van der Waals surface area contributed by atoms with Crippen molar-refractivity contribution in [3.63, 3.8) is 0 Å². The first kappa shape index (κ1) is 12.1. The van der Waals surface area contributed by atoms with Gasteiger partial charge in [-0.25, -0.2) is 0 Å². The van der Waals surface area contributed by atoms with Gasteiger partial charge in [0.1, 0.15) is 0 Å². The Labute approximate surface area is 104 Å². The van der Waals surface area contributed by atoms with E-state index in [0.29, 0.717) is 5.46 Å². The van der Waals surface area contributed by atoms with E-state index in [-0.39, 0.29) is 7.43 Å². The van der Waals surface area contributed by atoms with Crippen LogP contribution < -0.4 is 5.46 Å². The van der Waals surface area contributed by atoms with Crippen molar-refractivity contribution < 1.29 is 10.0 Å². The van der Waals surface area contributed by atoms with Gasteiger partial charge >= 0.3 is 7.12 Å². The van der Waals surface area contributed by atoms with Gasteiger partial charge in [-0.2, -0.15) is 0 Å². The minimum Gasteiger partial charge on any atom is -0.423 e. The molecule has 0 radical (unpaired) electrons. The summed E-state index contributed by atoms with van der Waals surface area (Å²) in [5.74, 6) is 0. The maximum Gasteiger partial charge on any atom is 0.488 e. The molecule has 17 heavy (non-hydrogen) atoms. The standard InChI is InChI=1S/C12H9BO2S.CH4/c14-13(15)8-5-6-10-9-3-1-2-4-11(9)16-12(10)7-8;/h1-7,14-15H;1H4. The van der Waals surface area contributed by atoms with E-state index in [2.05, 4.69) is 12.1 Å². The lowest BCUT2D eigenvalue weighted by Crippen LogP contribution is -2.29. The van der Waals surface area contributed by atoms with E-state index in [9.17, 15) is 0 Å². The largest absolute Gasteiger partial charge is 0.488 e. The van der Waals surface area contributed by atoms with Crippen molar-refractivity contribution in [2.24, 2.45) is 0 Å². The van der Waals surface area contributed by atoms with E-state index in [1.165, 1.54) is 15.5 Å². The monoisotopic (exact) mass is 244 g/mol. The van der Waals surface area contributed by atoms with Gasteiger partial charge in [0, 0.05) is 20.2 Å². The van der Waals surface area contributed by atoms with Crippen molar-refractivity contribution >= 4 is 44.1 Å². The van der Waals surface area contributed by atoms with E-state index in [4.69, 9.17) is 10.0 Å². The summed E-state index contributed by atoms with van der Waals surface area (Å²) in [5.41, 5.74) is 0.541. The summed E-state index contributed by atoms with van der Waals surface area (Å²) >= 11 is 1.67. The van der Waals surface area contributed by atoms with E-state index < -0.39 is 7.12 Å². The zero-order valence-corrected chi connectivity index (χ0v) is 9.24. The van der Waals surface area contributed by atoms with Crippen LogP contribution in [0, 0.1) is 0 Å². The normalized spacial score (nSPS) is 10.5. The average Bonchev–Trinajstić information content (AvgIpc) is 2.66. The summed E-state index contributed by atoms with van der Waals surface area (Å²) in [6.45, 7) is 0. The molecular formula is C13H13BO2S. The molecule has 0 spiro atoms. The van der Waals surface area contributed by atoms with Gasteiger partial charge in [-0.15, -0.1) is 11.3 Å². The Bertz CT molecular complexity index is 661. The van der Waals surface area contributed by atoms with Gasteiger partial charge in [-0.1, -0.05) is 37.8 Å². The molecule has 2 nitrogen and oxygen atoms in total. The first-order valence-corrected chi connectivity index (χ1v) is 5.85. The smallest absolute Gasteiger partial charge is 0.423 e. The zero-order valence-electron chi connectivity index (χ0n) is 8.42. The maximum atomic E-state index is 9.12. The molecule has 1 heterocycles. The third-order valence-electron chi connectivity index (χ3n) is 2.70. The molecule has 86 valence electrons. The SMILES string of the molecule is C.OB(O)c1ccc2c(c1)sc1ccccc12. The second-order valence-corrected chi connectivity index (χ2v) is 4.81. The fourth-order valence-corrected chi connectivity index (χ4v) is 3.06. The molecule has 0 unspecified atom stereocenters. The van der Waals surface area contributed by atoms with Gasteiger partial charge in [-0.3, -0.25) is 0 Å². The number of fused-ring (bicyclic) bond motifs is 3. The van der Waals surface area contributed by atoms with Gasteiger partial charge in [0.15, 0.2) is 0 Å². The van der Waals surface area contributed by atoms with Crippen LogP contribution in [0.15, 0.2) is 42.5 Å². The Morgan fingerprint density at radius 3 is 2.35 bits per heavy atom. The van der Waals surface area contributed by atoms with Gasteiger partial charge in [0.2, 0.25) is 0 Å². The fourth-order valence-electron chi connectivity index (χ4n) is 1.90. The van der Waals surface area contributed by atoms with Crippen molar-refractivity contribution in [2.75, 3.05) is 0 Å². The topological polar surface area (TPSA) is 40.5 Å². The summed E-state index contributed by atoms with van der Waals surface area (Å²) < 4.78 is 2.31. The Morgan fingerprint density at radius 2 is 1.59 bits per heavy atom. The Kier molecular flexibility index (Phi) is 3.20. The summed E-state index contributed by atoms with van der Waals surface area (Å²) in [7, 11) is -1.39. The first-order valence-electron chi connectivity index (χ1n) is 5.03. The van der Waals surface area contributed by atoms with Crippen LogP contribution >= 0.6 is 11.3 Å². The number of hydrogen-bond acceptors (Lipinski definition) is 3. The highest BCUT2D eigenvalue weighted by Gasteiger charge is 2.12. The van der Waals surface area contributed by atoms with Crippen LogP contribution in [0.2, 0.25) is 0 Å². The highest BCUT2D eigenvalue weighted by molar-refractivity contribution is 7.25. The molecule has 0 saturated carbocycles. The quantitative estimate of drug-likeness (QED) is 0.645. The van der Waals surface area contributed by atoms with Crippen molar-refractivity contribution in [1.29, 1.82) is 0 Å². The predicted octanol–water partition coefficient (Wildman–Crippen LogP) is 2.37. The Morgan fingerprint density at radius 1 is 0.882 bits per heavy atom. The summed E-state index contributed by atoms with van der Waals surface area (Å²) in [4.78, 5) is 0. The fraction of sp³-hybridized carbons (Fsp3) is 0.0769. The van der Waals surface area contributed by atoms with Crippen LogP contribution in [-0.4, -0.2) is 17.2 Å². The van der Waals surface area contributed by atoms with Crippen molar-refractivity contribution in [3.05, 3.63) is 42.5 Å². The summed E-state index contributed by atoms with van der Waals surface area (Å²) in [5, 5.41) is 20.6. The molecule has 2 N–H and O–H groups in total. The van der Waals surface area contributed by atoms with E-state index in [1.54, 1.807) is 17.4 Å². The van der Waals surface area contributed by atoms with E-state index in [0.717, 1.165) is 4.70 Å². The molecule has 1 aromatic heterocycles. The number of benzene rings is 2. The van der Waals surface area contributed by atoms with Gasteiger partial charge in [0.05, 0.1) is 0 Å². The summed E-state index contributed by atoms with van der Waals surface area (Å²) in [6, 6.07) is 13.7. The lowest BCUT2D eigenvalue weighted by Gasteiger charge is -1.98. The van der Waals surface area contributed by atoms with Crippen molar-refractivity contribution in [1.82, 2.24) is 0 Å². The molecule has 3 aromatic rings. The Balaban J connectivity index is 0.00000108. The second-order valence-electron chi connectivity index (χ2n) is 3.73. The molecule has 4 heteroatoms. The summed E-state index contributed by atoms with van der Waals surface area (Å²) in [6.07, 6.45) is 0. The average molecular weight is 244 g/mol. The molecular weight excluding hydrogens is 231 g/mol. The van der Waals surface area contributed by atoms with Gasteiger partial charge in [-0.05, 0) is 17.6 Å². The molecule has 0 bridgehead atoms. The number of hydrogen-bond donors (Lipinski definition) is 2. The molecule has 0 aliphatic rings. The van der Waals surface area contributed by atoms with Crippen molar-refractivity contribution in [2.45, 2.75) is 7.43 Å². The molecule has 3 rings (SSSR count). The minimum atomic E-state index is -1.39. The highest BCUT2D eigenvalue weighted by atomic mass is 32.1. The maximum absolute atomic E-state index is 9.12. The molecule has 0 atom stereocenters. The predicted molar refractivity (Wildman–Crippen MR) is 75.9 cm³/mol. The highest BCUT2D eigenvalue weighted by Crippen LogP contribution is 2.32. The third kappa shape index (κ3) is 1.95. The van der Waals surface area contributed by atoms with E-state index in [1.807, 2.05) is 24.3 Å². The lowest BCUT2D eigenvalue weighted by molar-refractivity contribution is 0.426. The molecule has 0 saturated heterocycles. The molecule has 0 aliphatic carbocycles. The first-order chi connectivity index (χ1) is 7.75. The van der Waals surface area contributed by atoms with Crippen LogP contribution in [0.3, 0.4) is 0 Å². The van der Waals surface area contributed by atoms with Crippen molar-refractivity contribution in [3.8, 4) is 0 Å². The van der Waals surface area contributed by atoms with Crippen LogP contribution in [0.25, 0.3) is 20.2 Å². The third-order valence-corrected chi connectivity index (χ3v) is 3.83.